The molecule has 0 spiro atoms. The largest absolute Gasteiger partial charge is 0.496 e. The predicted octanol–water partition coefficient (Wildman–Crippen LogP) is 12.2. The second kappa shape index (κ2) is 25.2. The Labute approximate surface area is 433 Å². The molecular formula is C58H72BBrN4O8. The van der Waals surface area contributed by atoms with Crippen molar-refractivity contribution in [1.82, 2.24) is 9.13 Å². The highest BCUT2D eigenvalue weighted by Crippen LogP contribution is 2.46. The Bertz CT molecular complexity index is 2920. The SMILES string of the molecule is CC(=O)Cn1c(-c2ccc(C)cc2N)c(C2CCCCC2)c2ccc(C)cc21.CC(=O)Cn1c(Br)c(C2CCCCC2)c2ccc(C)cc21.Cc1ccc(B2OC(C)(C)C(C)(C)O2)c(N)c1.O=C=O.O=C=O. The zero-order chi connectivity index (χ0) is 53.1. The van der Waals surface area contributed by atoms with Gasteiger partial charge in [0, 0.05) is 44.2 Å². The van der Waals surface area contributed by atoms with Crippen LogP contribution in [0.4, 0.5) is 11.4 Å². The molecule has 0 bridgehead atoms. The zero-order valence-corrected chi connectivity index (χ0v) is 45.4. The number of benzene rings is 4. The van der Waals surface area contributed by atoms with Crippen LogP contribution in [0.25, 0.3) is 33.1 Å². The van der Waals surface area contributed by atoms with Crippen molar-refractivity contribution in [1.29, 1.82) is 0 Å². The molecule has 2 aromatic heterocycles. The van der Waals surface area contributed by atoms with Crippen LogP contribution in [0.15, 0.2) is 77.4 Å². The molecule has 0 unspecified atom stereocenters. The molecule has 3 aliphatic rings. The lowest BCUT2D eigenvalue weighted by atomic mass is 9.77. The molecule has 3 fully saturated rings. The number of nitrogens with two attached hydrogens (primary N) is 2. The highest BCUT2D eigenvalue weighted by molar-refractivity contribution is 9.10. The van der Waals surface area contributed by atoms with Crippen molar-refractivity contribution < 1.29 is 38.1 Å². The highest BCUT2D eigenvalue weighted by atomic mass is 79.9. The van der Waals surface area contributed by atoms with Gasteiger partial charge in [-0.25, -0.2) is 0 Å². The van der Waals surface area contributed by atoms with Gasteiger partial charge in [-0.15, -0.1) is 0 Å². The molecule has 0 amide bonds. The Balaban J connectivity index is 0.000000195. The van der Waals surface area contributed by atoms with Gasteiger partial charge < -0.3 is 29.9 Å². The molecule has 9 rings (SSSR count). The van der Waals surface area contributed by atoms with E-state index in [1.165, 1.54) is 103 Å². The molecule has 0 atom stereocenters. The van der Waals surface area contributed by atoms with Gasteiger partial charge in [0.1, 0.15) is 11.6 Å². The maximum absolute atomic E-state index is 12.2. The molecule has 14 heteroatoms. The summed E-state index contributed by atoms with van der Waals surface area (Å²) in [5.74, 6) is 1.53. The summed E-state index contributed by atoms with van der Waals surface area (Å²) in [7, 11) is -0.374. The third-order valence-electron chi connectivity index (χ3n) is 14.5. The lowest BCUT2D eigenvalue weighted by Gasteiger charge is -2.32. The van der Waals surface area contributed by atoms with Gasteiger partial charge >= 0.3 is 19.4 Å². The summed E-state index contributed by atoms with van der Waals surface area (Å²) in [5, 5.41) is 2.61. The molecule has 12 nitrogen and oxygen atoms in total. The molecule has 72 heavy (non-hydrogen) atoms. The van der Waals surface area contributed by atoms with E-state index >= 15 is 0 Å². The number of Topliss-reactive ketones (excluding diaryl/α,β-unsaturated/α-hetero) is 2. The standard InChI is InChI=1S/C25H30N2O.C18H22BrNO.C13H20BNO2.2CO2/c1-16-9-11-20(22(26)13-16)25-24(19-7-5-4-6-8-19)21-12-10-17(2)14-23(21)27(25)15-18(3)28;1-12-8-9-15-16(10-12)20(11-13(2)21)18(19)17(15)14-6-4-3-5-7-14;1-9-6-7-10(11(15)8-9)14-16-12(2,3)13(4,5)17-14;2*2-1-3/h9-14,19H,4-8,15,26H2,1-3H3;8-10,14H,3-7,11H2,1-2H3;6-8H,15H2,1-5H3;;. The normalized spacial score (nSPS) is 16.1. The van der Waals surface area contributed by atoms with Crippen molar-refractivity contribution >= 4 is 85.6 Å². The Kier molecular flexibility index (Phi) is 19.9. The topological polar surface area (TPSA) is 183 Å². The summed E-state index contributed by atoms with van der Waals surface area (Å²) in [6, 6.07) is 25.5. The molecule has 1 aliphatic heterocycles. The maximum atomic E-state index is 12.2. The van der Waals surface area contributed by atoms with Gasteiger partial charge in [0.2, 0.25) is 0 Å². The maximum Gasteiger partial charge on any atom is 0.496 e. The van der Waals surface area contributed by atoms with Crippen molar-refractivity contribution in [3.8, 4) is 11.3 Å². The first-order chi connectivity index (χ1) is 34.1. The first kappa shape index (κ1) is 57.0. The predicted molar refractivity (Wildman–Crippen MR) is 290 cm³/mol. The third kappa shape index (κ3) is 13.6. The number of halogens is 1. The van der Waals surface area contributed by atoms with E-state index in [4.69, 9.17) is 40.0 Å². The molecule has 0 radical (unpaired) electrons. The van der Waals surface area contributed by atoms with Crippen LogP contribution in [0.3, 0.4) is 0 Å². The van der Waals surface area contributed by atoms with Crippen LogP contribution in [0.5, 0.6) is 0 Å². The monoisotopic (exact) mass is 1040 g/mol. The number of anilines is 2. The van der Waals surface area contributed by atoms with Gasteiger partial charge in [-0.1, -0.05) is 87.1 Å². The lowest BCUT2D eigenvalue weighted by molar-refractivity contribution is -0.193. The molecule has 4 N–H and O–H groups in total. The van der Waals surface area contributed by atoms with Crippen LogP contribution in [0.1, 0.15) is 151 Å². The average Bonchev–Trinajstić information content (AvgIpc) is 3.85. The van der Waals surface area contributed by atoms with Gasteiger partial charge in [-0.2, -0.15) is 19.2 Å². The molecule has 2 saturated carbocycles. The van der Waals surface area contributed by atoms with Gasteiger partial charge in [0.15, 0.2) is 0 Å². The number of aryl methyl sites for hydroxylation is 4. The molecule has 3 heterocycles. The Morgan fingerprint density at radius 3 is 1.44 bits per heavy atom. The second-order valence-corrected chi connectivity index (χ2v) is 21.5. The van der Waals surface area contributed by atoms with Crippen LogP contribution < -0.4 is 16.9 Å². The van der Waals surface area contributed by atoms with Crippen LogP contribution in [0, 0.1) is 27.7 Å². The molecule has 1 saturated heterocycles. The number of fused-ring (bicyclic) bond motifs is 2. The number of aromatic nitrogens is 2. The van der Waals surface area contributed by atoms with Crippen molar-refractivity contribution in [3.63, 3.8) is 0 Å². The first-order valence-electron chi connectivity index (χ1n) is 25.1. The zero-order valence-electron chi connectivity index (χ0n) is 43.8. The minimum atomic E-state index is -0.374. The Hall–Kier alpha value is -5.88. The average molecular weight is 1040 g/mol. The molecular weight excluding hydrogens is 971 g/mol. The number of nitrogens with zero attached hydrogens (tertiary/aromatic N) is 2. The van der Waals surface area contributed by atoms with E-state index in [1.54, 1.807) is 13.8 Å². The molecule has 6 aromatic rings. The summed E-state index contributed by atoms with van der Waals surface area (Å²) in [6.45, 7) is 20.6. The Morgan fingerprint density at radius 1 is 0.597 bits per heavy atom. The van der Waals surface area contributed by atoms with Crippen LogP contribution in [-0.4, -0.2) is 51.3 Å². The quantitative estimate of drug-likeness (QED) is 0.110. The van der Waals surface area contributed by atoms with Gasteiger partial charge in [0.05, 0.1) is 34.6 Å². The van der Waals surface area contributed by atoms with Crippen molar-refractivity contribution in [2.75, 3.05) is 11.5 Å². The van der Waals surface area contributed by atoms with Crippen LogP contribution in [0.2, 0.25) is 0 Å². The summed E-state index contributed by atoms with van der Waals surface area (Å²) >= 11 is 3.79. The van der Waals surface area contributed by atoms with E-state index in [0.29, 0.717) is 24.9 Å². The summed E-state index contributed by atoms with van der Waals surface area (Å²) < 4.78 is 17.4. The fraction of sp³-hybridized carbons (Fsp3) is 0.448. The van der Waals surface area contributed by atoms with E-state index in [-0.39, 0.29) is 42.2 Å². The highest BCUT2D eigenvalue weighted by Gasteiger charge is 2.52. The van der Waals surface area contributed by atoms with Gasteiger partial charge in [-0.3, -0.25) is 9.59 Å². The van der Waals surface area contributed by atoms with E-state index in [0.717, 1.165) is 49.3 Å². The molecule has 382 valence electrons. The number of hydrogen-bond donors (Lipinski definition) is 2. The number of nitrogen functional groups attached to an aromatic ring is 2. The summed E-state index contributed by atoms with van der Waals surface area (Å²) in [4.78, 5) is 56.3. The number of carbonyl (C=O) groups excluding carboxylic acids is 6. The van der Waals surface area contributed by atoms with Crippen LogP contribution >= 0.6 is 15.9 Å². The third-order valence-corrected chi connectivity index (χ3v) is 15.3. The number of rotatable bonds is 8. The minimum absolute atomic E-state index is 0.167. The van der Waals surface area contributed by atoms with Crippen molar-refractivity contribution in [2.24, 2.45) is 0 Å². The number of carbonyl (C=O) groups is 2. The second-order valence-electron chi connectivity index (χ2n) is 20.7. The van der Waals surface area contributed by atoms with E-state index < -0.39 is 0 Å². The van der Waals surface area contributed by atoms with E-state index in [1.807, 2.05) is 58.9 Å². The van der Waals surface area contributed by atoms with E-state index in [2.05, 4.69) is 94.4 Å². The van der Waals surface area contributed by atoms with Crippen molar-refractivity contribution in [3.05, 3.63) is 111 Å². The summed E-state index contributed by atoms with van der Waals surface area (Å²) in [6.07, 6.45) is 13.3. The summed E-state index contributed by atoms with van der Waals surface area (Å²) in [5.41, 5.74) is 26.4. The minimum Gasteiger partial charge on any atom is -0.399 e. The van der Waals surface area contributed by atoms with Gasteiger partial charge in [-0.05, 0) is 180 Å². The van der Waals surface area contributed by atoms with Gasteiger partial charge in [0.25, 0.3) is 0 Å². The van der Waals surface area contributed by atoms with Crippen molar-refractivity contribution in [2.45, 2.75) is 170 Å². The number of ketones is 2. The Morgan fingerprint density at radius 2 is 0.986 bits per heavy atom. The smallest absolute Gasteiger partial charge is 0.399 e. The molecule has 2 aliphatic carbocycles. The fourth-order valence-corrected chi connectivity index (χ4v) is 11.2. The van der Waals surface area contributed by atoms with Crippen LogP contribution in [-0.2, 0) is 51.2 Å². The van der Waals surface area contributed by atoms with E-state index in [9.17, 15) is 9.59 Å². The first-order valence-corrected chi connectivity index (χ1v) is 25.8. The molecule has 4 aromatic carbocycles. The number of hydrogen-bond acceptors (Lipinski definition) is 10. The lowest BCUT2D eigenvalue weighted by Crippen LogP contribution is -2.41. The fourth-order valence-electron chi connectivity index (χ4n) is 10.4.